The third-order valence-electron chi connectivity index (χ3n) is 4.81. The summed E-state index contributed by atoms with van der Waals surface area (Å²) in [6, 6.07) is 8.32. The molecular formula is C19H27N3OS. The SMILES string of the molecule is Cc1ncsc1CN(C)C[C@H]1CCN(Cc2ccc(CO)cc2)C1. The van der Waals surface area contributed by atoms with Crippen molar-refractivity contribution >= 4 is 11.3 Å². The molecule has 1 fully saturated rings. The predicted molar refractivity (Wildman–Crippen MR) is 98.9 cm³/mol. The second-order valence-electron chi connectivity index (χ2n) is 6.92. The standard InChI is InChI=1S/C19H27N3OS/c1-15-19(24-14-20-15)12-21(2)9-18-7-8-22(11-18)10-16-3-5-17(13-23)6-4-16/h3-6,14,18,23H,7-13H2,1-2H3/t18-/m1/s1. The van der Waals surface area contributed by atoms with E-state index in [1.807, 2.05) is 17.6 Å². The highest BCUT2D eigenvalue weighted by atomic mass is 32.1. The maximum atomic E-state index is 9.12. The van der Waals surface area contributed by atoms with E-state index in [1.165, 1.54) is 35.6 Å². The largest absolute Gasteiger partial charge is 0.392 e. The number of aliphatic hydroxyl groups excluding tert-OH is 1. The van der Waals surface area contributed by atoms with Crippen LogP contribution in [0.3, 0.4) is 0 Å². The minimum Gasteiger partial charge on any atom is -0.392 e. The van der Waals surface area contributed by atoms with Gasteiger partial charge in [-0.05, 0) is 44.0 Å². The number of aryl methyl sites for hydroxylation is 1. The first-order valence-electron chi connectivity index (χ1n) is 8.62. The molecule has 0 unspecified atom stereocenters. The van der Waals surface area contributed by atoms with E-state index in [9.17, 15) is 0 Å². The molecule has 0 amide bonds. The molecule has 1 N–H and O–H groups in total. The van der Waals surface area contributed by atoms with Crippen LogP contribution in [0.4, 0.5) is 0 Å². The third kappa shape index (κ3) is 4.63. The van der Waals surface area contributed by atoms with Gasteiger partial charge in [0.15, 0.2) is 0 Å². The molecule has 1 saturated heterocycles. The summed E-state index contributed by atoms with van der Waals surface area (Å²) < 4.78 is 0. The van der Waals surface area contributed by atoms with Crippen LogP contribution in [-0.4, -0.2) is 46.6 Å². The summed E-state index contributed by atoms with van der Waals surface area (Å²) in [6.07, 6.45) is 1.28. The number of thiazole rings is 1. The fraction of sp³-hybridized carbons (Fsp3) is 0.526. The van der Waals surface area contributed by atoms with Crippen molar-refractivity contribution in [2.75, 3.05) is 26.7 Å². The minimum absolute atomic E-state index is 0.123. The van der Waals surface area contributed by atoms with Crippen molar-refractivity contribution in [2.45, 2.75) is 33.0 Å². The molecule has 0 bridgehead atoms. The number of benzene rings is 1. The fourth-order valence-corrected chi connectivity index (χ4v) is 4.30. The average Bonchev–Trinajstić information content (AvgIpc) is 3.18. The Bertz CT molecular complexity index is 640. The second kappa shape index (κ2) is 8.21. The van der Waals surface area contributed by atoms with Crippen molar-refractivity contribution in [1.82, 2.24) is 14.8 Å². The Morgan fingerprint density at radius 2 is 2.04 bits per heavy atom. The van der Waals surface area contributed by atoms with Crippen LogP contribution in [0.1, 0.15) is 28.1 Å². The van der Waals surface area contributed by atoms with Crippen LogP contribution in [0, 0.1) is 12.8 Å². The zero-order valence-corrected chi connectivity index (χ0v) is 15.4. The zero-order chi connectivity index (χ0) is 16.9. The Hall–Kier alpha value is -1.27. The first-order valence-corrected chi connectivity index (χ1v) is 9.50. The number of aliphatic hydroxyl groups is 1. The highest BCUT2D eigenvalue weighted by molar-refractivity contribution is 7.09. The minimum atomic E-state index is 0.123. The molecule has 1 atom stereocenters. The van der Waals surface area contributed by atoms with Gasteiger partial charge in [0.2, 0.25) is 0 Å². The maximum Gasteiger partial charge on any atom is 0.0798 e. The van der Waals surface area contributed by atoms with Crippen LogP contribution >= 0.6 is 11.3 Å². The lowest BCUT2D eigenvalue weighted by atomic mass is 10.1. The average molecular weight is 346 g/mol. The molecule has 0 radical (unpaired) electrons. The molecule has 2 heterocycles. The fourth-order valence-electron chi connectivity index (χ4n) is 3.44. The highest BCUT2D eigenvalue weighted by Crippen LogP contribution is 2.21. The highest BCUT2D eigenvalue weighted by Gasteiger charge is 2.23. The van der Waals surface area contributed by atoms with Gasteiger partial charge in [-0.1, -0.05) is 24.3 Å². The van der Waals surface area contributed by atoms with Gasteiger partial charge in [-0.25, -0.2) is 4.98 Å². The Kier molecular flexibility index (Phi) is 6.00. The summed E-state index contributed by atoms with van der Waals surface area (Å²) in [6.45, 7) is 7.75. The van der Waals surface area contributed by atoms with E-state index in [-0.39, 0.29) is 6.61 Å². The van der Waals surface area contributed by atoms with Crippen LogP contribution in [0.2, 0.25) is 0 Å². The van der Waals surface area contributed by atoms with E-state index in [0.717, 1.165) is 31.1 Å². The Morgan fingerprint density at radius 3 is 2.71 bits per heavy atom. The van der Waals surface area contributed by atoms with Crippen molar-refractivity contribution in [3.8, 4) is 0 Å². The summed E-state index contributed by atoms with van der Waals surface area (Å²) in [5, 5.41) is 9.12. The van der Waals surface area contributed by atoms with Gasteiger partial charge in [0.05, 0.1) is 17.8 Å². The van der Waals surface area contributed by atoms with Crippen LogP contribution in [-0.2, 0) is 19.7 Å². The molecule has 0 spiro atoms. The van der Waals surface area contributed by atoms with E-state index in [0.29, 0.717) is 0 Å². The molecule has 5 heteroatoms. The first-order chi connectivity index (χ1) is 11.6. The topological polar surface area (TPSA) is 39.6 Å². The van der Waals surface area contributed by atoms with E-state index in [2.05, 4.69) is 40.9 Å². The van der Waals surface area contributed by atoms with Gasteiger partial charge in [0.25, 0.3) is 0 Å². The van der Waals surface area contributed by atoms with Gasteiger partial charge in [-0.3, -0.25) is 4.90 Å². The van der Waals surface area contributed by atoms with Crippen LogP contribution in [0.25, 0.3) is 0 Å². The van der Waals surface area contributed by atoms with Crippen LogP contribution in [0.5, 0.6) is 0 Å². The molecule has 1 aromatic carbocycles. The lowest BCUT2D eigenvalue weighted by Crippen LogP contribution is -2.28. The van der Waals surface area contributed by atoms with Gasteiger partial charge in [-0.15, -0.1) is 11.3 Å². The number of aromatic nitrogens is 1. The maximum absolute atomic E-state index is 9.12. The molecule has 1 aliphatic heterocycles. The molecule has 24 heavy (non-hydrogen) atoms. The van der Waals surface area contributed by atoms with Crippen molar-refractivity contribution < 1.29 is 5.11 Å². The Labute approximate surface area is 148 Å². The third-order valence-corrected chi connectivity index (χ3v) is 5.73. The summed E-state index contributed by atoms with van der Waals surface area (Å²) >= 11 is 1.76. The van der Waals surface area contributed by atoms with Crippen molar-refractivity contribution in [3.05, 3.63) is 51.5 Å². The van der Waals surface area contributed by atoms with Gasteiger partial charge in [0, 0.05) is 31.1 Å². The van der Waals surface area contributed by atoms with Crippen LogP contribution in [0.15, 0.2) is 29.8 Å². The number of hydrogen-bond acceptors (Lipinski definition) is 5. The molecule has 4 nitrogen and oxygen atoms in total. The van der Waals surface area contributed by atoms with E-state index in [1.54, 1.807) is 11.3 Å². The normalized spacial score (nSPS) is 18.6. The second-order valence-corrected chi connectivity index (χ2v) is 7.86. The number of rotatable bonds is 7. The van der Waals surface area contributed by atoms with Crippen molar-refractivity contribution in [3.63, 3.8) is 0 Å². The van der Waals surface area contributed by atoms with E-state index < -0.39 is 0 Å². The lowest BCUT2D eigenvalue weighted by molar-refractivity contribution is 0.255. The van der Waals surface area contributed by atoms with Crippen molar-refractivity contribution in [1.29, 1.82) is 0 Å². The molecule has 1 aromatic heterocycles. The summed E-state index contributed by atoms with van der Waals surface area (Å²) in [4.78, 5) is 10.7. The first kappa shape index (κ1) is 17.5. The molecule has 1 aliphatic rings. The quantitative estimate of drug-likeness (QED) is 0.838. The van der Waals surface area contributed by atoms with Crippen molar-refractivity contribution in [2.24, 2.45) is 5.92 Å². The Morgan fingerprint density at radius 1 is 1.29 bits per heavy atom. The zero-order valence-electron chi connectivity index (χ0n) is 14.6. The van der Waals surface area contributed by atoms with E-state index in [4.69, 9.17) is 5.11 Å². The number of nitrogens with zero attached hydrogens (tertiary/aromatic N) is 3. The van der Waals surface area contributed by atoms with Gasteiger partial charge in [0.1, 0.15) is 0 Å². The smallest absolute Gasteiger partial charge is 0.0798 e. The Balaban J connectivity index is 1.45. The molecular weight excluding hydrogens is 318 g/mol. The monoisotopic (exact) mass is 345 g/mol. The van der Waals surface area contributed by atoms with Gasteiger partial charge in [-0.2, -0.15) is 0 Å². The van der Waals surface area contributed by atoms with Crippen LogP contribution < -0.4 is 0 Å². The predicted octanol–water partition coefficient (Wildman–Crippen LogP) is 2.90. The molecule has 130 valence electrons. The van der Waals surface area contributed by atoms with Gasteiger partial charge < -0.3 is 10.0 Å². The molecule has 3 rings (SSSR count). The van der Waals surface area contributed by atoms with E-state index >= 15 is 0 Å². The lowest BCUT2D eigenvalue weighted by Gasteiger charge is -2.21. The molecule has 2 aromatic rings. The number of hydrogen-bond donors (Lipinski definition) is 1. The molecule has 0 aliphatic carbocycles. The van der Waals surface area contributed by atoms with Gasteiger partial charge >= 0.3 is 0 Å². The summed E-state index contributed by atoms with van der Waals surface area (Å²) in [5.74, 6) is 0.750. The molecule has 0 saturated carbocycles. The summed E-state index contributed by atoms with van der Waals surface area (Å²) in [5.41, 5.74) is 5.43. The number of likely N-dealkylation sites (tertiary alicyclic amines) is 1. The summed E-state index contributed by atoms with van der Waals surface area (Å²) in [7, 11) is 2.22.